The highest BCUT2D eigenvalue weighted by Gasteiger charge is 2.37. The van der Waals surface area contributed by atoms with Gasteiger partial charge in [0.2, 0.25) is 0 Å². The van der Waals surface area contributed by atoms with Gasteiger partial charge in [-0.2, -0.15) is 0 Å². The summed E-state index contributed by atoms with van der Waals surface area (Å²) in [5.41, 5.74) is 3.05. The van der Waals surface area contributed by atoms with E-state index in [-0.39, 0.29) is 16.8 Å². The molecule has 2 amide bonds. The van der Waals surface area contributed by atoms with E-state index in [2.05, 4.69) is 0 Å². The highest BCUT2D eigenvalue weighted by Crippen LogP contribution is 2.37. The van der Waals surface area contributed by atoms with Gasteiger partial charge in [-0.05, 0) is 66.6 Å². The van der Waals surface area contributed by atoms with Gasteiger partial charge in [-0.25, -0.2) is 4.90 Å². The van der Waals surface area contributed by atoms with Crippen molar-refractivity contribution in [3.63, 3.8) is 0 Å². The number of nitrogens with zero attached hydrogens (tertiary/aromatic N) is 2. The molecule has 126 valence electrons. The summed E-state index contributed by atoms with van der Waals surface area (Å²) in [4.78, 5) is 36.7. The molecule has 25 heavy (non-hydrogen) atoms. The van der Waals surface area contributed by atoms with Crippen LogP contribution in [0.5, 0.6) is 0 Å². The van der Waals surface area contributed by atoms with Crippen LogP contribution in [-0.2, 0) is 4.79 Å². The van der Waals surface area contributed by atoms with Crippen molar-refractivity contribution in [2.24, 2.45) is 0 Å². The van der Waals surface area contributed by atoms with Crippen molar-refractivity contribution in [3.05, 3.63) is 74.2 Å². The molecule has 1 fully saturated rings. The number of hydrogen-bond donors (Lipinski definition) is 0. The molecule has 0 aromatic heterocycles. The van der Waals surface area contributed by atoms with Crippen LogP contribution in [0.1, 0.15) is 16.7 Å². The zero-order valence-electron chi connectivity index (χ0n) is 13.6. The number of anilines is 1. The lowest BCUT2D eigenvalue weighted by molar-refractivity contribution is -0.384. The monoisotopic (exact) mass is 354 g/mol. The Balaban J connectivity index is 1.93. The predicted molar refractivity (Wildman–Crippen MR) is 97.5 cm³/mol. The van der Waals surface area contributed by atoms with Crippen LogP contribution in [0.4, 0.5) is 16.2 Å². The van der Waals surface area contributed by atoms with Crippen LogP contribution >= 0.6 is 11.8 Å². The molecule has 6 nitrogen and oxygen atoms in total. The van der Waals surface area contributed by atoms with Crippen molar-refractivity contribution in [1.82, 2.24) is 0 Å². The minimum atomic E-state index is -0.488. The standard InChI is InChI=1S/C18H14N2O4S/c1-11-4-3-5-15(12(11)2)19-17(21)16(25-18(19)22)10-13-6-8-14(9-7-13)20(23)24/h3-10H,1-2H3/b16-10-. The molecule has 0 saturated carbocycles. The molecule has 1 heterocycles. The van der Waals surface area contributed by atoms with E-state index in [1.165, 1.54) is 17.0 Å². The molecule has 0 aliphatic carbocycles. The largest absolute Gasteiger partial charge is 0.298 e. The third-order valence-corrected chi connectivity index (χ3v) is 4.88. The Labute approximate surface area is 148 Å². The van der Waals surface area contributed by atoms with Gasteiger partial charge >= 0.3 is 0 Å². The normalized spacial score (nSPS) is 15.9. The van der Waals surface area contributed by atoms with E-state index in [1.54, 1.807) is 30.3 Å². The predicted octanol–water partition coefficient (Wildman–Crippen LogP) is 4.45. The highest BCUT2D eigenvalue weighted by molar-refractivity contribution is 8.19. The van der Waals surface area contributed by atoms with E-state index in [0.717, 1.165) is 22.9 Å². The van der Waals surface area contributed by atoms with Crippen LogP contribution < -0.4 is 4.90 Å². The Morgan fingerprint density at radius 2 is 1.76 bits per heavy atom. The second-order valence-corrected chi connectivity index (χ2v) is 6.58. The van der Waals surface area contributed by atoms with Gasteiger partial charge in [0, 0.05) is 12.1 Å². The number of imide groups is 1. The molecule has 0 radical (unpaired) electrons. The molecule has 0 bridgehead atoms. The summed E-state index contributed by atoms with van der Waals surface area (Å²) in [7, 11) is 0. The summed E-state index contributed by atoms with van der Waals surface area (Å²) < 4.78 is 0. The summed E-state index contributed by atoms with van der Waals surface area (Å²) in [5, 5.41) is 10.3. The number of benzene rings is 2. The number of non-ortho nitro benzene ring substituents is 1. The number of aryl methyl sites for hydroxylation is 1. The Bertz CT molecular complexity index is 919. The highest BCUT2D eigenvalue weighted by atomic mass is 32.2. The maximum Gasteiger partial charge on any atom is 0.298 e. The summed E-state index contributed by atoms with van der Waals surface area (Å²) in [6.07, 6.45) is 1.57. The van der Waals surface area contributed by atoms with Crippen LogP contribution in [0, 0.1) is 24.0 Å². The van der Waals surface area contributed by atoms with E-state index in [0.29, 0.717) is 16.2 Å². The minimum Gasteiger partial charge on any atom is -0.268 e. The van der Waals surface area contributed by atoms with Crippen LogP contribution in [0.3, 0.4) is 0 Å². The molecule has 1 aliphatic heterocycles. The van der Waals surface area contributed by atoms with Gasteiger partial charge in [0.15, 0.2) is 0 Å². The number of nitro groups is 1. The third kappa shape index (κ3) is 3.18. The summed E-state index contributed by atoms with van der Waals surface area (Å²) in [6.45, 7) is 3.79. The van der Waals surface area contributed by atoms with Crippen molar-refractivity contribution in [3.8, 4) is 0 Å². The number of rotatable bonds is 3. The molecule has 7 heteroatoms. The fraction of sp³-hybridized carbons (Fsp3) is 0.111. The lowest BCUT2D eigenvalue weighted by Crippen LogP contribution is -2.28. The molecule has 1 saturated heterocycles. The van der Waals surface area contributed by atoms with Gasteiger partial charge < -0.3 is 0 Å². The fourth-order valence-electron chi connectivity index (χ4n) is 2.50. The van der Waals surface area contributed by atoms with Gasteiger partial charge in [-0.1, -0.05) is 12.1 Å². The first-order valence-electron chi connectivity index (χ1n) is 7.47. The van der Waals surface area contributed by atoms with Crippen molar-refractivity contribution in [1.29, 1.82) is 0 Å². The molecule has 2 aromatic rings. The molecule has 0 N–H and O–H groups in total. The second-order valence-electron chi connectivity index (χ2n) is 5.58. The maximum atomic E-state index is 12.7. The van der Waals surface area contributed by atoms with Crippen LogP contribution in [-0.4, -0.2) is 16.1 Å². The van der Waals surface area contributed by atoms with Crippen LogP contribution in [0.15, 0.2) is 47.4 Å². The first kappa shape index (κ1) is 16.9. The molecule has 0 atom stereocenters. The number of carbonyl (C=O) groups excluding carboxylic acids is 2. The van der Waals surface area contributed by atoms with Gasteiger partial charge in [0.25, 0.3) is 16.8 Å². The second kappa shape index (κ2) is 6.52. The maximum absolute atomic E-state index is 12.7. The van der Waals surface area contributed by atoms with E-state index in [9.17, 15) is 19.7 Å². The molecule has 3 rings (SSSR count). The number of nitro benzene ring substituents is 1. The molecule has 0 unspecified atom stereocenters. The number of hydrogen-bond acceptors (Lipinski definition) is 5. The van der Waals surface area contributed by atoms with Gasteiger partial charge in [0.05, 0.1) is 15.5 Å². The summed E-state index contributed by atoms with van der Waals surface area (Å²) >= 11 is 0.861. The number of carbonyl (C=O) groups is 2. The van der Waals surface area contributed by atoms with Crippen LogP contribution in [0.2, 0.25) is 0 Å². The van der Waals surface area contributed by atoms with E-state index >= 15 is 0 Å². The molecular weight excluding hydrogens is 340 g/mol. The topological polar surface area (TPSA) is 80.5 Å². The average Bonchev–Trinajstić information content (AvgIpc) is 2.85. The van der Waals surface area contributed by atoms with Gasteiger partial charge in [-0.3, -0.25) is 19.7 Å². The van der Waals surface area contributed by atoms with Crippen molar-refractivity contribution in [2.45, 2.75) is 13.8 Å². The Morgan fingerprint density at radius 3 is 2.40 bits per heavy atom. The molecule has 0 spiro atoms. The van der Waals surface area contributed by atoms with Gasteiger partial charge in [0.1, 0.15) is 0 Å². The van der Waals surface area contributed by atoms with E-state index < -0.39 is 4.92 Å². The van der Waals surface area contributed by atoms with E-state index in [4.69, 9.17) is 0 Å². The number of amides is 2. The first-order chi connectivity index (χ1) is 11.9. The Kier molecular flexibility index (Phi) is 4.41. The fourth-order valence-corrected chi connectivity index (χ4v) is 3.33. The lowest BCUT2D eigenvalue weighted by atomic mass is 10.1. The summed E-state index contributed by atoms with van der Waals surface area (Å²) in [5.74, 6) is -0.387. The molecule has 2 aromatic carbocycles. The smallest absolute Gasteiger partial charge is 0.268 e. The zero-order valence-corrected chi connectivity index (χ0v) is 14.4. The van der Waals surface area contributed by atoms with Crippen molar-refractivity contribution in [2.75, 3.05) is 4.90 Å². The Morgan fingerprint density at radius 1 is 1.08 bits per heavy atom. The van der Waals surface area contributed by atoms with E-state index in [1.807, 2.05) is 19.9 Å². The zero-order chi connectivity index (χ0) is 18.1. The Hall–Kier alpha value is -2.93. The number of thioether (sulfide) groups is 1. The molecule has 1 aliphatic rings. The van der Waals surface area contributed by atoms with Crippen LogP contribution in [0.25, 0.3) is 6.08 Å². The third-order valence-electron chi connectivity index (χ3n) is 4.01. The van der Waals surface area contributed by atoms with Crippen molar-refractivity contribution >= 4 is 40.4 Å². The summed E-state index contributed by atoms with van der Waals surface area (Å²) in [6, 6.07) is 11.3. The average molecular weight is 354 g/mol. The van der Waals surface area contributed by atoms with Gasteiger partial charge in [-0.15, -0.1) is 0 Å². The van der Waals surface area contributed by atoms with Crippen molar-refractivity contribution < 1.29 is 14.5 Å². The lowest BCUT2D eigenvalue weighted by Gasteiger charge is -2.16. The molecular formula is C18H14N2O4S. The minimum absolute atomic E-state index is 0.0272. The quantitative estimate of drug-likeness (QED) is 0.462. The SMILES string of the molecule is Cc1cccc(N2C(=O)S/C(=C\c3ccc([N+](=O)[O-])cc3)C2=O)c1C. The first-order valence-corrected chi connectivity index (χ1v) is 8.29.